The number of nitrogens with zero attached hydrogens (tertiary/aromatic N) is 1. The fourth-order valence-corrected chi connectivity index (χ4v) is 20.6. The maximum Gasteiger partial charge on any atom is 0.408 e. The number of aliphatic hydroxyl groups excluding tert-OH is 2. The maximum absolute atomic E-state index is 14.4. The lowest BCUT2D eigenvalue weighted by Crippen LogP contribution is -2.79. The van der Waals surface area contributed by atoms with Gasteiger partial charge >= 0.3 is 48.0 Å². The van der Waals surface area contributed by atoms with Crippen molar-refractivity contribution >= 4 is 48.0 Å². The molecule has 2 aromatic carbocycles. The van der Waals surface area contributed by atoms with Crippen molar-refractivity contribution in [2.24, 2.45) is 33.5 Å². The summed E-state index contributed by atoms with van der Waals surface area (Å²) in [5.74, 6) is -7.17. The molecule has 0 spiro atoms. The van der Waals surface area contributed by atoms with Gasteiger partial charge in [-0.05, 0) is 147 Å². The number of hydrogen-bond acceptors (Lipinski definition) is 27. The largest absolute Gasteiger partial charge is 0.456 e. The van der Waals surface area contributed by atoms with Crippen molar-refractivity contribution < 1.29 is 134 Å². The minimum absolute atomic E-state index is 0.0397. The molecule has 9 fully saturated rings. The van der Waals surface area contributed by atoms with Crippen molar-refractivity contribution in [1.29, 1.82) is 0 Å². The van der Waals surface area contributed by atoms with Crippen LogP contribution in [0.25, 0.3) is 0 Å². The van der Waals surface area contributed by atoms with Gasteiger partial charge in [0.1, 0.15) is 84.6 Å². The number of carbonyl (C=O) groups is 8. The molecule has 29 nitrogen and oxygen atoms in total. The number of fused-ring (bicyclic) bond motifs is 16. The minimum Gasteiger partial charge on any atom is -0.456 e. The van der Waals surface area contributed by atoms with E-state index in [4.69, 9.17) is 66.3 Å². The van der Waals surface area contributed by atoms with Crippen molar-refractivity contribution in [3.05, 3.63) is 107 Å². The number of ether oxygens (including phenoxy) is 14. The summed E-state index contributed by atoms with van der Waals surface area (Å²) in [6.45, 7) is 31.4. The van der Waals surface area contributed by atoms with Gasteiger partial charge in [-0.3, -0.25) is 14.5 Å². The number of nitrogens with one attached hydrogen (secondary N) is 2. The number of rotatable bonds is 19. The molecular formula is C85H115F2N3O26. The van der Waals surface area contributed by atoms with Crippen LogP contribution in [0.5, 0.6) is 0 Å². The molecule has 2 amide bonds. The van der Waals surface area contributed by atoms with Crippen LogP contribution in [-0.4, -0.2) is 251 Å². The molecule has 5 saturated heterocycles. The molecule has 6 aliphatic carbocycles. The maximum atomic E-state index is 14.4. The van der Waals surface area contributed by atoms with Crippen molar-refractivity contribution in [2.45, 2.75) is 300 Å². The Kier molecular flexibility index (Phi) is 24.4. The van der Waals surface area contributed by atoms with E-state index in [1.807, 2.05) is 27.7 Å². The van der Waals surface area contributed by atoms with E-state index in [1.54, 1.807) is 130 Å². The van der Waals surface area contributed by atoms with Crippen LogP contribution in [-0.2, 0) is 85.5 Å². The molecule has 2 aromatic rings. The Morgan fingerprint density at radius 3 is 1.33 bits per heavy atom. The highest BCUT2D eigenvalue weighted by Crippen LogP contribution is 2.69. The first kappa shape index (κ1) is 87.7. The lowest BCUT2D eigenvalue weighted by atomic mass is 9.45. The predicted molar refractivity (Wildman–Crippen MR) is 406 cm³/mol. The standard InChI is InChI=1S/C44H61FN2O13.C41H54FNO13/c1-23-16-18-47(23)21-30-56-33-31-24(2)28(55-38(51)32(49)27(20-45)46-39(52)60-40(4,5)6)19-44(53,41(31,7)8)36(58-37(50)26-13-11-10-12-14-26)34-42(9,35(33)57-30)17-15-29-43(34,22-54-29)59-25(3)48;1-10-27-52-30-28-21(2)25(51-35(47)29(45)24(19-42)43-36(48)56-37(4,5)6)18-41(49,38(28,7)8)33(54-34(46)23-14-12-11-13-15-23)31-39(9,32(30)53-27)17-16-26-40(31,20-50-26)55-22(3)44/h10-14,23,27-30,32-36,49,53H,15-22H2,1-9H3,(H,46,52);10-15,24-27,29-33,45,49H,1,16-20H2,2-9H3,(H,43,48)/t23-,27+,28+,29-,30-,32-,33-,34+,35-,36+,42-,43+,44-;24-,25-,26+,27+,29+,30+,31-,32+,33-,39+,40-,41+/m10/s1. The molecule has 5 aliphatic heterocycles. The molecule has 4 bridgehead atoms. The van der Waals surface area contributed by atoms with Gasteiger partial charge in [-0.2, -0.15) is 0 Å². The van der Waals surface area contributed by atoms with Crippen LogP contribution in [0.15, 0.2) is 95.6 Å². The molecule has 0 unspecified atom stereocenters. The highest BCUT2D eigenvalue weighted by Gasteiger charge is 2.80. The quantitative estimate of drug-likeness (QED) is 0.0436. The zero-order valence-electron chi connectivity index (χ0n) is 69.2. The van der Waals surface area contributed by atoms with Gasteiger partial charge in [0.25, 0.3) is 0 Å². The van der Waals surface area contributed by atoms with Gasteiger partial charge in [-0.15, -0.1) is 0 Å². The monoisotopic (exact) mass is 1630 g/mol. The third kappa shape index (κ3) is 15.6. The SMILES string of the molecule is C=C[C@@H]1O[C@@H]2C3=C(C)[C@@H](OC(=O)[C@H](O)[C@H](CF)NC(=O)OC(C)(C)C)C[C@@](O)([C@@H](OC(=O)c4ccccc4)[C@H]4[C@@](C)(CC[C@H]5OC[C@]54OC(C)=O)[C@@H]2O1)C3(C)C.CC(=O)O[C@@]12CO[C@@H]1CC[C@@]1(C)[C@@H]3O[C@H](CN4CC[C@H]4C)O[C@@H]3C3=C(C)[C@@H](OC(=O)[C@H](O)[C@H](CF)NC(=O)OC(C)(C)C)C[C@@](O)([C@@H](OC(=O)c4ccccc4)[C@@H]12)C3(C)C. The summed E-state index contributed by atoms with van der Waals surface area (Å²) >= 11 is 0. The summed E-state index contributed by atoms with van der Waals surface area (Å²) in [6.07, 6.45) is -14.5. The Morgan fingerprint density at radius 1 is 0.595 bits per heavy atom. The molecular weight excluding hydrogens is 1520 g/mol. The van der Waals surface area contributed by atoms with Crippen LogP contribution >= 0.6 is 0 Å². The Bertz CT molecular complexity index is 4150. The highest BCUT2D eigenvalue weighted by molar-refractivity contribution is 5.90. The number of alkyl halides is 2. The van der Waals surface area contributed by atoms with E-state index in [2.05, 4.69) is 29.0 Å². The van der Waals surface area contributed by atoms with Crippen LogP contribution < -0.4 is 10.6 Å². The number of halogens is 2. The first-order valence-electron chi connectivity index (χ1n) is 40.1. The number of likely N-dealkylation sites (tertiary alicyclic amines) is 1. The fourth-order valence-electron chi connectivity index (χ4n) is 20.6. The predicted octanol–water partition coefficient (Wildman–Crippen LogP) is 8.41. The van der Waals surface area contributed by atoms with Gasteiger partial charge in [-0.25, -0.2) is 37.5 Å². The summed E-state index contributed by atoms with van der Waals surface area (Å²) < 4.78 is 116. The van der Waals surface area contributed by atoms with Crippen LogP contribution in [0.2, 0.25) is 0 Å². The fraction of sp³-hybridized carbons (Fsp3) is 0.694. The molecule has 4 saturated carbocycles. The number of amides is 2. The van der Waals surface area contributed by atoms with Gasteiger partial charge in [0.05, 0.1) is 60.5 Å². The van der Waals surface area contributed by atoms with Crippen LogP contribution in [0, 0.1) is 33.5 Å². The van der Waals surface area contributed by atoms with Gasteiger partial charge in [0.2, 0.25) is 0 Å². The third-order valence-corrected chi connectivity index (χ3v) is 26.6. The first-order chi connectivity index (χ1) is 54.2. The highest BCUT2D eigenvalue weighted by atomic mass is 19.1. The molecule has 6 N–H and O–H groups in total. The molecule has 0 radical (unpaired) electrons. The number of aliphatic hydroxyl groups is 4. The zero-order valence-corrected chi connectivity index (χ0v) is 69.2. The summed E-state index contributed by atoms with van der Waals surface area (Å²) in [5.41, 5.74) is -11.0. The van der Waals surface area contributed by atoms with E-state index in [9.17, 15) is 67.6 Å². The van der Waals surface area contributed by atoms with E-state index in [0.717, 1.165) is 13.0 Å². The molecule has 31 heteroatoms. The van der Waals surface area contributed by atoms with Gasteiger partial charge in [-0.1, -0.05) is 84.5 Å². The molecule has 13 rings (SSSR count). The van der Waals surface area contributed by atoms with Crippen molar-refractivity contribution in [2.75, 3.05) is 39.7 Å². The number of benzene rings is 2. The Labute approximate surface area is 674 Å². The van der Waals surface area contributed by atoms with E-state index in [0.29, 0.717) is 60.6 Å². The van der Waals surface area contributed by atoms with E-state index in [-0.39, 0.29) is 37.2 Å². The molecule has 5 heterocycles. The van der Waals surface area contributed by atoms with Crippen LogP contribution in [0.3, 0.4) is 0 Å². The molecule has 25 atom stereocenters. The average molecular weight is 1630 g/mol. The minimum atomic E-state index is -2.18. The Morgan fingerprint density at radius 2 is 0.991 bits per heavy atom. The van der Waals surface area contributed by atoms with E-state index in [1.165, 1.54) is 19.9 Å². The molecule has 640 valence electrons. The topological polar surface area (TPSA) is 374 Å². The van der Waals surface area contributed by atoms with Gasteiger partial charge in [0, 0.05) is 67.5 Å². The van der Waals surface area contributed by atoms with Crippen LogP contribution in [0.1, 0.15) is 183 Å². The summed E-state index contributed by atoms with van der Waals surface area (Å²) in [6, 6.07) is 13.4. The number of esters is 6. The zero-order chi connectivity index (χ0) is 84.9. The summed E-state index contributed by atoms with van der Waals surface area (Å²) in [7, 11) is 0. The second-order valence-corrected chi connectivity index (χ2v) is 36.8. The average Bonchev–Trinajstić information content (AvgIpc) is 1.07. The van der Waals surface area contributed by atoms with Gasteiger partial charge in [0.15, 0.2) is 36.0 Å². The summed E-state index contributed by atoms with van der Waals surface area (Å²) in [5, 5.41) is 54.0. The van der Waals surface area contributed by atoms with Crippen molar-refractivity contribution in [3.63, 3.8) is 0 Å². The van der Waals surface area contributed by atoms with E-state index >= 15 is 0 Å². The van der Waals surface area contributed by atoms with E-state index < -0.39 is 226 Å². The number of hydrogen-bond donors (Lipinski definition) is 6. The third-order valence-electron chi connectivity index (χ3n) is 26.6. The second-order valence-electron chi connectivity index (χ2n) is 36.8. The van der Waals surface area contributed by atoms with Crippen LogP contribution in [0.4, 0.5) is 18.4 Å². The second kappa shape index (κ2) is 32.2. The molecule has 116 heavy (non-hydrogen) atoms. The Hall–Kier alpha value is -7.56. The van der Waals surface area contributed by atoms with Gasteiger partial charge < -0.3 is 97.4 Å². The first-order valence-corrected chi connectivity index (χ1v) is 40.1. The Balaban J connectivity index is 0.000000214. The lowest BCUT2D eigenvalue weighted by Gasteiger charge is -2.68. The van der Waals surface area contributed by atoms with Crippen molar-refractivity contribution in [1.82, 2.24) is 15.5 Å². The summed E-state index contributed by atoms with van der Waals surface area (Å²) in [4.78, 5) is 110. The van der Waals surface area contributed by atoms with Crippen molar-refractivity contribution in [3.8, 4) is 0 Å². The number of carbonyl (C=O) groups excluding carboxylic acids is 8. The molecule has 11 aliphatic rings. The lowest BCUT2D eigenvalue weighted by molar-refractivity contribution is -0.345. The smallest absolute Gasteiger partial charge is 0.408 e. The number of alkyl carbamates (subject to hydrolysis) is 2. The normalized spacial score (nSPS) is 37.3. The molecule has 0 aromatic heterocycles.